The van der Waals surface area contributed by atoms with Crippen LogP contribution in [0.1, 0.15) is 43.5 Å². The second kappa shape index (κ2) is 9.88. The van der Waals surface area contributed by atoms with Crippen molar-refractivity contribution in [3.63, 3.8) is 0 Å². The van der Waals surface area contributed by atoms with Crippen LogP contribution in [0.4, 0.5) is 0 Å². The summed E-state index contributed by atoms with van der Waals surface area (Å²) in [4.78, 5) is 26.2. The van der Waals surface area contributed by atoms with Crippen molar-refractivity contribution in [2.24, 2.45) is 0 Å². The molecule has 2 aromatic rings. The third kappa shape index (κ3) is 5.47. The number of allylic oxidation sites excluding steroid dienone is 1. The van der Waals surface area contributed by atoms with Crippen LogP contribution in [-0.2, 0) is 19.0 Å². The Morgan fingerprint density at radius 1 is 1.37 bits per heavy atom. The number of H-pyrrole nitrogens is 1. The maximum Gasteiger partial charge on any atom is 0.340 e. The number of esters is 1. The van der Waals surface area contributed by atoms with Crippen molar-refractivity contribution in [1.82, 2.24) is 4.98 Å². The average Bonchev–Trinajstić information content (AvgIpc) is 3.13. The minimum Gasteiger partial charge on any atom is -0.478 e. The van der Waals surface area contributed by atoms with Crippen LogP contribution in [-0.4, -0.2) is 57.8 Å². The van der Waals surface area contributed by atoms with Crippen molar-refractivity contribution in [2.45, 2.75) is 63.8 Å². The number of benzene rings is 1. The molecule has 1 saturated heterocycles. The third-order valence-electron chi connectivity index (χ3n) is 5.09. The fourth-order valence-corrected chi connectivity index (χ4v) is 3.45. The molecular formula is C22H27NO7. The first-order valence-electron chi connectivity index (χ1n) is 10.0. The molecule has 1 aliphatic heterocycles. The molecule has 1 aliphatic rings. The van der Waals surface area contributed by atoms with E-state index in [9.17, 15) is 14.7 Å². The molecule has 0 spiro atoms. The minimum atomic E-state index is -0.989. The lowest BCUT2D eigenvalue weighted by atomic mass is 10.0. The monoisotopic (exact) mass is 417 g/mol. The zero-order chi connectivity index (χ0) is 21.7. The van der Waals surface area contributed by atoms with Gasteiger partial charge in [-0.3, -0.25) is 0 Å². The van der Waals surface area contributed by atoms with Gasteiger partial charge >= 0.3 is 11.9 Å². The number of aromatic nitrogens is 1. The van der Waals surface area contributed by atoms with Gasteiger partial charge < -0.3 is 29.4 Å². The van der Waals surface area contributed by atoms with Gasteiger partial charge in [-0.15, -0.1) is 0 Å². The number of aliphatic hydroxyl groups is 1. The molecule has 1 aromatic carbocycles. The zero-order valence-electron chi connectivity index (χ0n) is 17.0. The number of carbonyl (C=O) groups is 2. The summed E-state index contributed by atoms with van der Waals surface area (Å²) < 4.78 is 17.1. The predicted octanol–water partition coefficient (Wildman–Crippen LogP) is 3.02. The molecule has 2 heterocycles. The number of ether oxygens (including phenoxy) is 3. The number of para-hydroxylation sites is 1. The minimum absolute atomic E-state index is 0.200. The largest absolute Gasteiger partial charge is 0.478 e. The predicted molar refractivity (Wildman–Crippen MR) is 109 cm³/mol. The number of aliphatic hydroxyl groups excluding tert-OH is 1. The number of carboxylic acids is 1. The Hall–Kier alpha value is -2.68. The van der Waals surface area contributed by atoms with Gasteiger partial charge in [-0.1, -0.05) is 24.3 Å². The fourth-order valence-electron chi connectivity index (χ4n) is 3.45. The molecule has 8 nitrogen and oxygen atoms in total. The second-order valence-corrected chi connectivity index (χ2v) is 7.47. The Balaban J connectivity index is 1.53. The summed E-state index contributed by atoms with van der Waals surface area (Å²) in [5.74, 6) is -1.46. The van der Waals surface area contributed by atoms with Crippen LogP contribution < -0.4 is 0 Å². The Morgan fingerprint density at radius 3 is 2.90 bits per heavy atom. The van der Waals surface area contributed by atoms with Gasteiger partial charge in [-0.2, -0.15) is 0 Å². The topological polar surface area (TPSA) is 118 Å². The van der Waals surface area contributed by atoms with Gasteiger partial charge in [0.25, 0.3) is 0 Å². The Bertz CT molecular complexity index is 906. The molecule has 3 rings (SSSR count). The highest BCUT2D eigenvalue weighted by Gasteiger charge is 2.38. The maximum atomic E-state index is 12.6. The Labute approximate surface area is 174 Å². The van der Waals surface area contributed by atoms with Gasteiger partial charge in [-0.25, -0.2) is 9.59 Å². The summed E-state index contributed by atoms with van der Waals surface area (Å²) in [5, 5.41) is 19.8. The molecule has 0 amide bonds. The molecule has 3 N–H and O–H groups in total. The van der Waals surface area contributed by atoms with Gasteiger partial charge in [-0.05, 0) is 32.8 Å². The van der Waals surface area contributed by atoms with E-state index in [1.54, 1.807) is 19.2 Å². The van der Waals surface area contributed by atoms with Crippen molar-refractivity contribution in [2.75, 3.05) is 0 Å². The lowest BCUT2D eigenvalue weighted by molar-refractivity contribution is -0.273. The third-order valence-corrected chi connectivity index (χ3v) is 5.09. The van der Waals surface area contributed by atoms with Crippen LogP contribution >= 0.6 is 0 Å². The number of fused-ring (bicyclic) bond motifs is 1. The number of rotatable bonds is 8. The summed E-state index contributed by atoms with van der Waals surface area (Å²) in [5.41, 5.74) is 1.28. The van der Waals surface area contributed by atoms with Gasteiger partial charge in [0.15, 0.2) is 6.29 Å². The van der Waals surface area contributed by atoms with Crippen LogP contribution in [0.3, 0.4) is 0 Å². The van der Waals surface area contributed by atoms with Gasteiger partial charge in [0.05, 0.1) is 17.8 Å². The summed E-state index contributed by atoms with van der Waals surface area (Å²) in [7, 11) is 0. The van der Waals surface area contributed by atoms with Crippen LogP contribution in [0.5, 0.6) is 0 Å². The number of hydrogen-bond donors (Lipinski definition) is 3. The lowest BCUT2D eigenvalue weighted by Crippen LogP contribution is -2.49. The van der Waals surface area contributed by atoms with Crippen LogP contribution in [0.2, 0.25) is 0 Å². The first-order chi connectivity index (χ1) is 14.3. The SMILES string of the molecule is CC1O[C@@H](O[C@H](C)CCC=CC(=O)O)C(O)C[C@H]1OC(=O)c1c[nH]c2ccccc12. The Kier molecular flexibility index (Phi) is 7.25. The quantitative estimate of drug-likeness (QED) is 0.446. The molecule has 1 aromatic heterocycles. The van der Waals surface area contributed by atoms with Crippen LogP contribution in [0.15, 0.2) is 42.6 Å². The van der Waals surface area contributed by atoms with Crippen molar-refractivity contribution in [3.8, 4) is 0 Å². The van der Waals surface area contributed by atoms with E-state index in [-0.39, 0.29) is 12.5 Å². The molecule has 0 saturated carbocycles. The Morgan fingerprint density at radius 2 is 2.13 bits per heavy atom. The number of aliphatic carboxylic acids is 1. The van der Waals surface area contributed by atoms with Gasteiger partial charge in [0.1, 0.15) is 12.2 Å². The number of hydrogen-bond acceptors (Lipinski definition) is 6. The summed E-state index contributed by atoms with van der Waals surface area (Å²) >= 11 is 0. The molecule has 0 aliphatic carbocycles. The smallest absolute Gasteiger partial charge is 0.340 e. The van der Waals surface area contributed by atoms with Crippen molar-refractivity contribution < 1.29 is 34.0 Å². The molecule has 0 radical (unpaired) electrons. The lowest BCUT2D eigenvalue weighted by Gasteiger charge is -2.38. The summed E-state index contributed by atoms with van der Waals surface area (Å²) in [6.45, 7) is 3.61. The first kappa shape index (κ1) is 22.0. The molecule has 0 bridgehead atoms. The number of nitrogens with one attached hydrogen (secondary N) is 1. The van der Waals surface area contributed by atoms with Crippen molar-refractivity contribution >= 4 is 22.8 Å². The van der Waals surface area contributed by atoms with Gasteiger partial charge in [0, 0.05) is 29.6 Å². The van der Waals surface area contributed by atoms with Crippen molar-refractivity contribution in [1.29, 1.82) is 0 Å². The standard InChI is InChI=1S/C22H27NO7/c1-13(7-3-6-10-20(25)26)28-22-18(24)11-19(14(2)29-22)30-21(27)16-12-23-17-9-5-4-8-15(16)17/h4-6,8-10,12-14,18-19,22-24H,3,7,11H2,1-2H3,(H,25,26)/t13-,14?,18?,19-,22-/m1/s1. The van der Waals surface area contributed by atoms with E-state index in [1.165, 1.54) is 0 Å². The molecule has 2 unspecified atom stereocenters. The van der Waals surface area contributed by atoms with E-state index in [4.69, 9.17) is 19.3 Å². The fraction of sp³-hybridized carbons (Fsp3) is 0.455. The van der Waals surface area contributed by atoms with E-state index >= 15 is 0 Å². The van der Waals surface area contributed by atoms with Crippen LogP contribution in [0, 0.1) is 0 Å². The molecule has 1 fully saturated rings. The van der Waals surface area contributed by atoms with E-state index in [0.717, 1.165) is 17.0 Å². The van der Waals surface area contributed by atoms with E-state index in [2.05, 4.69) is 4.98 Å². The highest BCUT2D eigenvalue weighted by Crippen LogP contribution is 2.27. The molecule has 30 heavy (non-hydrogen) atoms. The maximum absolute atomic E-state index is 12.6. The van der Waals surface area contributed by atoms with Crippen molar-refractivity contribution in [3.05, 3.63) is 48.2 Å². The second-order valence-electron chi connectivity index (χ2n) is 7.47. The molecular weight excluding hydrogens is 390 g/mol. The molecule has 8 heteroatoms. The van der Waals surface area contributed by atoms with E-state index < -0.39 is 36.5 Å². The molecule has 162 valence electrons. The summed E-state index contributed by atoms with van der Waals surface area (Å²) in [6.07, 6.45) is 2.52. The highest BCUT2D eigenvalue weighted by atomic mass is 16.7. The number of carboxylic acid groups (broad SMARTS) is 1. The molecule has 5 atom stereocenters. The average molecular weight is 417 g/mol. The summed E-state index contributed by atoms with van der Waals surface area (Å²) in [6, 6.07) is 7.45. The first-order valence-corrected chi connectivity index (χ1v) is 10.0. The number of aromatic amines is 1. The van der Waals surface area contributed by atoms with Crippen LogP contribution in [0.25, 0.3) is 10.9 Å². The van der Waals surface area contributed by atoms with E-state index in [0.29, 0.717) is 18.4 Å². The van der Waals surface area contributed by atoms with E-state index in [1.807, 2.05) is 31.2 Å². The normalized spacial score (nSPS) is 25.4. The van der Waals surface area contributed by atoms with Gasteiger partial charge in [0.2, 0.25) is 0 Å². The zero-order valence-corrected chi connectivity index (χ0v) is 17.0. The highest BCUT2D eigenvalue weighted by molar-refractivity contribution is 6.04. The number of carbonyl (C=O) groups excluding carboxylic acids is 1.